The second kappa shape index (κ2) is 5.05. The van der Waals surface area contributed by atoms with Gasteiger partial charge in [0.15, 0.2) is 0 Å². The van der Waals surface area contributed by atoms with E-state index in [1.165, 1.54) is 10.5 Å². The topological polar surface area (TPSA) is 55.5 Å². The van der Waals surface area contributed by atoms with Crippen LogP contribution in [0.1, 0.15) is 5.56 Å². The van der Waals surface area contributed by atoms with Crippen molar-refractivity contribution in [2.75, 3.05) is 12.3 Å². The van der Waals surface area contributed by atoms with Gasteiger partial charge in [-0.2, -0.15) is 0 Å². The van der Waals surface area contributed by atoms with E-state index >= 15 is 0 Å². The third-order valence-electron chi connectivity index (χ3n) is 3.18. The van der Waals surface area contributed by atoms with Gasteiger partial charge < -0.3 is 15.6 Å². The van der Waals surface area contributed by atoms with Crippen LogP contribution in [0.15, 0.2) is 47.4 Å². The normalized spacial score (nSPS) is 17.2. The molecule has 1 heterocycles. The second-order valence-electron chi connectivity index (χ2n) is 4.55. The van der Waals surface area contributed by atoms with Crippen molar-refractivity contribution in [1.82, 2.24) is 0 Å². The zero-order valence-electron chi connectivity index (χ0n) is 10.4. The number of anilines is 1. The number of aromatic hydroxyl groups is 1. The van der Waals surface area contributed by atoms with E-state index in [9.17, 15) is 5.11 Å². The third-order valence-corrected chi connectivity index (χ3v) is 4.47. The monoisotopic (exact) mass is 273 g/mol. The van der Waals surface area contributed by atoms with E-state index in [4.69, 9.17) is 10.5 Å². The van der Waals surface area contributed by atoms with Gasteiger partial charge in [-0.25, -0.2) is 0 Å². The molecule has 2 aromatic rings. The lowest BCUT2D eigenvalue weighted by molar-refractivity contribution is 0.317. The Hall–Kier alpha value is -1.81. The van der Waals surface area contributed by atoms with E-state index in [1.54, 1.807) is 18.2 Å². The molecule has 4 heteroatoms. The second-order valence-corrected chi connectivity index (χ2v) is 5.89. The summed E-state index contributed by atoms with van der Waals surface area (Å²) in [5.74, 6) is 0.622. The summed E-state index contributed by atoms with van der Waals surface area (Å²) in [5, 5.41) is 9.93. The predicted molar refractivity (Wildman–Crippen MR) is 77.8 cm³/mol. The number of nitrogens with two attached hydrogens (primary N) is 1. The van der Waals surface area contributed by atoms with Gasteiger partial charge in [0, 0.05) is 10.1 Å². The van der Waals surface area contributed by atoms with Gasteiger partial charge in [-0.15, -0.1) is 11.8 Å². The van der Waals surface area contributed by atoms with Gasteiger partial charge in [0.05, 0.1) is 0 Å². The van der Waals surface area contributed by atoms with E-state index in [1.807, 2.05) is 11.8 Å². The molecule has 3 N–H and O–H groups in total. The summed E-state index contributed by atoms with van der Waals surface area (Å²) < 4.78 is 5.73. The Bertz CT molecular complexity index is 575. The Morgan fingerprint density at radius 3 is 2.89 bits per heavy atom. The highest BCUT2D eigenvalue weighted by Crippen LogP contribution is 2.37. The minimum atomic E-state index is 0.0693. The molecule has 0 amide bonds. The number of ether oxygens (including phenoxy) is 1. The average molecular weight is 273 g/mol. The number of para-hydroxylation sites is 1. The molecule has 19 heavy (non-hydrogen) atoms. The van der Waals surface area contributed by atoms with E-state index in [2.05, 4.69) is 24.3 Å². The number of phenolic OH excluding ortho intramolecular Hbond substituents is 1. The van der Waals surface area contributed by atoms with Gasteiger partial charge in [-0.1, -0.05) is 24.3 Å². The molecule has 0 bridgehead atoms. The summed E-state index contributed by atoms with van der Waals surface area (Å²) >= 11 is 1.84. The van der Waals surface area contributed by atoms with Gasteiger partial charge >= 0.3 is 0 Å². The van der Waals surface area contributed by atoms with Crippen LogP contribution in [0.3, 0.4) is 0 Å². The number of hydrogen-bond acceptors (Lipinski definition) is 4. The van der Waals surface area contributed by atoms with Crippen molar-refractivity contribution in [3.63, 3.8) is 0 Å². The first-order valence-electron chi connectivity index (χ1n) is 6.19. The first kappa shape index (κ1) is 12.2. The molecule has 1 aliphatic heterocycles. The van der Waals surface area contributed by atoms with Crippen LogP contribution < -0.4 is 10.5 Å². The van der Waals surface area contributed by atoms with Crippen molar-refractivity contribution in [2.24, 2.45) is 0 Å². The maximum absolute atomic E-state index is 9.52. The zero-order valence-corrected chi connectivity index (χ0v) is 11.2. The first-order valence-corrected chi connectivity index (χ1v) is 7.07. The van der Waals surface area contributed by atoms with Crippen LogP contribution in [0.4, 0.5) is 5.69 Å². The Kier molecular flexibility index (Phi) is 3.25. The molecule has 2 aromatic carbocycles. The number of hydrogen-bond donors (Lipinski definition) is 2. The van der Waals surface area contributed by atoms with Crippen LogP contribution in [0.25, 0.3) is 0 Å². The summed E-state index contributed by atoms with van der Waals surface area (Å²) in [6, 6.07) is 13.5. The number of nitrogen functional groups attached to an aromatic ring is 1. The molecule has 1 atom stereocenters. The van der Waals surface area contributed by atoms with E-state index in [0.29, 0.717) is 23.3 Å². The molecule has 0 saturated heterocycles. The number of fused-ring (bicyclic) bond motifs is 1. The lowest BCUT2D eigenvalue weighted by Gasteiger charge is -2.13. The SMILES string of the molecule is Nc1c(O)cccc1OCC1Cc2ccccc2S1. The fourth-order valence-electron chi connectivity index (χ4n) is 2.19. The van der Waals surface area contributed by atoms with Gasteiger partial charge in [-0.05, 0) is 30.2 Å². The van der Waals surface area contributed by atoms with Crippen LogP contribution in [0, 0.1) is 0 Å². The molecule has 0 saturated carbocycles. The van der Waals surface area contributed by atoms with E-state index in [-0.39, 0.29) is 5.75 Å². The van der Waals surface area contributed by atoms with Crippen molar-refractivity contribution >= 4 is 17.4 Å². The lowest BCUT2D eigenvalue weighted by atomic mass is 10.1. The Morgan fingerprint density at radius 2 is 2.05 bits per heavy atom. The average Bonchev–Trinajstić information content (AvgIpc) is 2.83. The van der Waals surface area contributed by atoms with Crippen molar-refractivity contribution in [2.45, 2.75) is 16.6 Å². The Labute approximate surface area is 116 Å². The summed E-state index contributed by atoms with van der Waals surface area (Å²) in [4.78, 5) is 1.33. The summed E-state index contributed by atoms with van der Waals surface area (Å²) in [6.07, 6.45) is 1.01. The quantitative estimate of drug-likeness (QED) is 0.666. The van der Waals surface area contributed by atoms with Crippen molar-refractivity contribution < 1.29 is 9.84 Å². The van der Waals surface area contributed by atoms with Crippen LogP contribution in [0.2, 0.25) is 0 Å². The molecule has 0 radical (unpaired) electrons. The highest BCUT2D eigenvalue weighted by atomic mass is 32.2. The molecule has 3 rings (SSSR count). The number of rotatable bonds is 3. The molecule has 0 fully saturated rings. The van der Waals surface area contributed by atoms with Crippen LogP contribution in [-0.4, -0.2) is 17.0 Å². The summed E-state index contributed by atoms with van der Waals surface area (Å²) in [5.41, 5.74) is 7.46. The smallest absolute Gasteiger partial charge is 0.146 e. The highest BCUT2D eigenvalue weighted by Gasteiger charge is 2.22. The first-order chi connectivity index (χ1) is 9.24. The van der Waals surface area contributed by atoms with Crippen LogP contribution in [0.5, 0.6) is 11.5 Å². The number of phenols is 1. The van der Waals surface area contributed by atoms with Crippen molar-refractivity contribution in [3.05, 3.63) is 48.0 Å². The standard InChI is InChI=1S/C15H15NO2S/c16-15-12(17)5-3-6-13(15)18-9-11-8-10-4-1-2-7-14(10)19-11/h1-7,11,17H,8-9,16H2. The van der Waals surface area contributed by atoms with Gasteiger partial charge in [0.1, 0.15) is 23.8 Å². The molecule has 98 valence electrons. The lowest BCUT2D eigenvalue weighted by Crippen LogP contribution is -2.14. The zero-order chi connectivity index (χ0) is 13.2. The molecule has 0 aliphatic carbocycles. The van der Waals surface area contributed by atoms with Crippen molar-refractivity contribution in [3.8, 4) is 11.5 Å². The maximum Gasteiger partial charge on any atom is 0.146 e. The largest absolute Gasteiger partial charge is 0.506 e. The molecule has 1 unspecified atom stereocenters. The Morgan fingerprint density at radius 1 is 1.21 bits per heavy atom. The number of thioether (sulfide) groups is 1. The molecular formula is C15H15NO2S. The van der Waals surface area contributed by atoms with Crippen LogP contribution in [-0.2, 0) is 6.42 Å². The summed E-state index contributed by atoms with van der Waals surface area (Å²) in [7, 11) is 0. The molecule has 0 spiro atoms. The molecular weight excluding hydrogens is 258 g/mol. The molecule has 0 aromatic heterocycles. The maximum atomic E-state index is 9.52. The highest BCUT2D eigenvalue weighted by molar-refractivity contribution is 8.00. The minimum absolute atomic E-state index is 0.0693. The van der Waals surface area contributed by atoms with Gasteiger partial charge in [0.2, 0.25) is 0 Å². The fraction of sp³-hybridized carbons (Fsp3) is 0.200. The Balaban J connectivity index is 1.64. The molecule has 1 aliphatic rings. The van der Waals surface area contributed by atoms with Crippen LogP contribution >= 0.6 is 11.8 Å². The molecule has 3 nitrogen and oxygen atoms in total. The third kappa shape index (κ3) is 2.49. The van der Waals surface area contributed by atoms with Gasteiger partial charge in [-0.3, -0.25) is 0 Å². The fourth-order valence-corrected chi connectivity index (χ4v) is 3.41. The minimum Gasteiger partial charge on any atom is -0.506 e. The van der Waals surface area contributed by atoms with Crippen molar-refractivity contribution in [1.29, 1.82) is 0 Å². The van der Waals surface area contributed by atoms with E-state index < -0.39 is 0 Å². The summed E-state index contributed by atoms with van der Waals surface area (Å²) in [6.45, 7) is 0.590. The van der Waals surface area contributed by atoms with Gasteiger partial charge in [0.25, 0.3) is 0 Å². The van der Waals surface area contributed by atoms with E-state index in [0.717, 1.165) is 6.42 Å². The number of benzene rings is 2. The predicted octanol–water partition coefficient (Wildman–Crippen LogP) is 3.07.